The molecule has 0 amide bonds. The zero-order valence-corrected chi connectivity index (χ0v) is 13.7. The summed E-state index contributed by atoms with van der Waals surface area (Å²) in [6.45, 7) is 0. The molecule has 132 valence electrons. The van der Waals surface area contributed by atoms with Gasteiger partial charge in [0.15, 0.2) is 23.2 Å². The fraction of sp³-hybridized carbons (Fsp3) is 0.588. The first-order chi connectivity index (χ1) is 12.2. The minimum absolute atomic E-state index is 0.227. The molecular formula is C17H21N5O3. The van der Waals surface area contributed by atoms with Crippen molar-refractivity contribution in [3.05, 3.63) is 12.7 Å². The van der Waals surface area contributed by atoms with E-state index in [1.54, 1.807) is 10.9 Å². The van der Waals surface area contributed by atoms with Crippen LogP contribution < -0.4 is 5.32 Å². The lowest BCUT2D eigenvalue weighted by atomic mass is 10.1. The fourth-order valence-electron chi connectivity index (χ4n) is 3.65. The Morgan fingerprint density at radius 3 is 2.80 bits per heavy atom. The second-order valence-corrected chi connectivity index (χ2v) is 6.63. The molecule has 0 radical (unpaired) electrons. The van der Waals surface area contributed by atoms with Crippen LogP contribution in [0.4, 0.5) is 5.82 Å². The van der Waals surface area contributed by atoms with Gasteiger partial charge in [0.1, 0.15) is 18.5 Å². The van der Waals surface area contributed by atoms with Crippen molar-refractivity contribution in [2.45, 2.75) is 62.7 Å². The highest BCUT2D eigenvalue weighted by Crippen LogP contribution is 2.33. The maximum absolute atomic E-state index is 10.3. The van der Waals surface area contributed by atoms with Crippen LogP contribution >= 0.6 is 0 Å². The van der Waals surface area contributed by atoms with Crippen molar-refractivity contribution in [2.75, 3.05) is 5.32 Å². The van der Waals surface area contributed by atoms with Crippen LogP contribution in [0.15, 0.2) is 12.7 Å². The van der Waals surface area contributed by atoms with Crippen molar-refractivity contribution in [2.24, 2.45) is 0 Å². The highest BCUT2D eigenvalue weighted by Gasteiger charge is 2.43. The topological polar surface area (TPSA) is 105 Å². The van der Waals surface area contributed by atoms with Crippen LogP contribution in [0, 0.1) is 12.3 Å². The van der Waals surface area contributed by atoms with E-state index in [9.17, 15) is 10.2 Å². The average Bonchev–Trinajstić information content (AvgIpc) is 3.32. The third kappa shape index (κ3) is 2.84. The van der Waals surface area contributed by atoms with E-state index in [0.717, 1.165) is 12.8 Å². The number of hydrogen-bond acceptors (Lipinski definition) is 7. The molecule has 1 unspecified atom stereocenters. The summed E-state index contributed by atoms with van der Waals surface area (Å²) in [5.74, 6) is 3.14. The third-order valence-corrected chi connectivity index (χ3v) is 4.99. The summed E-state index contributed by atoms with van der Waals surface area (Å²) in [5.41, 5.74) is 1.17. The maximum Gasteiger partial charge on any atom is 0.167 e. The molecule has 2 aromatic heterocycles. The molecule has 2 fully saturated rings. The lowest BCUT2D eigenvalue weighted by molar-refractivity contribution is -0.0332. The summed E-state index contributed by atoms with van der Waals surface area (Å²) in [6, 6.07) is 0.401. The predicted molar refractivity (Wildman–Crippen MR) is 90.6 cm³/mol. The lowest BCUT2D eigenvalue weighted by Crippen LogP contribution is -2.31. The SMILES string of the molecule is C#CC[C@H]1O[C@@H](n2cnc3c(NC4CCCC4)ncnc32)C(O)[C@H]1O. The Hall–Kier alpha value is -2.21. The number of anilines is 1. The Morgan fingerprint density at radius 2 is 2.04 bits per heavy atom. The van der Waals surface area contributed by atoms with E-state index in [1.807, 2.05) is 0 Å². The van der Waals surface area contributed by atoms with Gasteiger partial charge in [-0.2, -0.15) is 0 Å². The molecule has 8 nitrogen and oxygen atoms in total. The van der Waals surface area contributed by atoms with Gasteiger partial charge in [-0.1, -0.05) is 12.8 Å². The lowest BCUT2D eigenvalue weighted by Gasteiger charge is -2.17. The molecule has 25 heavy (non-hydrogen) atoms. The first kappa shape index (κ1) is 16.3. The number of aliphatic hydroxyl groups is 2. The number of rotatable bonds is 4. The van der Waals surface area contributed by atoms with Crippen molar-refractivity contribution in [3.63, 3.8) is 0 Å². The van der Waals surface area contributed by atoms with Gasteiger partial charge in [-0.3, -0.25) is 4.57 Å². The summed E-state index contributed by atoms with van der Waals surface area (Å²) in [4.78, 5) is 13.0. The number of nitrogens with one attached hydrogen (secondary N) is 1. The Kier molecular flexibility index (Phi) is 4.29. The Balaban J connectivity index is 1.64. The van der Waals surface area contributed by atoms with Crippen LogP contribution in [-0.4, -0.2) is 54.1 Å². The van der Waals surface area contributed by atoms with Gasteiger partial charge in [0.2, 0.25) is 0 Å². The third-order valence-electron chi connectivity index (χ3n) is 4.99. The minimum Gasteiger partial charge on any atom is -0.387 e. The molecule has 4 rings (SSSR count). The number of nitrogens with zero attached hydrogens (tertiary/aromatic N) is 4. The molecule has 0 bridgehead atoms. The number of imidazole rings is 1. The molecule has 3 heterocycles. The van der Waals surface area contributed by atoms with Crippen molar-refractivity contribution in [1.29, 1.82) is 0 Å². The Bertz CT molecular complexity index is 795. The molecular weight excluding hydrogens is 322 g/mol. The molecule has 1 saturated heterocycles. The minimum atomic E-state index is -1.10. The van der Waals surface area contributed by atoms with E-state index < -0.39 is 24.5 Å². The molecule has 8 heteroatoms. The van der Waals surface area contributed by atoms with Crippen molar-refractivity contribution in [1.82, 2.24) is 19.5 Å². The molecule has 2 aromatic rings. The summed E-state index contributed by atoms with van der Waals surface area (Å²) >= 11 is 0. The van der Waals surface area contributed by atoms with Gasteiger partial charge in [-0.05, 0) is 12.8 Å². The molecule has 4 atom stereocenters. The van der Waals surface area contributed by atoms with Gasteiger partial charge < -0.3 is 20.3 Å². The number of ether oxygens (including phenoxy) is 1. The highest BCUT2D eigenvalue weighted by molar-refractivity contribution is 5.82. The van der Waals surface area contributed by atoms with Gasteiger partial charge in [0, 0.05) is 12.5 Å². The van der Waals surface area contributed by atoms with E-state index in [-0.39, 0.29) is 6.42 Å². The van der Waals surface area contributed by atoms with Gasteiger partial charge in [0.05, 0.1) is 12.4 Å². The molecule has 0 spiro atoms. The van der Waals surface area contributed by atoms with Crippen LogP contribution in [-0.2, 0) is 4.74 Å². The van der Waals surface area contributed by atoms with Crippen molar-refractivity contribution in [3.8, 4) is 12.3 Å². The van der Waals surface area contributed by atoms with Crippen LogP contribution in [0.1, 0.15) is 38.3 Å². The van der Waals surface area contributed by atoms with E-state index in [1.165, 1.54) is 19.2 Å². The molecule has 1 aliphatic heterocycles. The number of aliphatic hydroxyl groups excluding tert-OH is 2. The van der Waals surface area contributed by atoms with Crippen LogP contribution in [0.2, 0.25) is 0 Å². The zero-order valence-electron chi connectivity index (χ0n) is 13.7. The van der Waals surface area contributed by atoms with E-state index >= 15 is 0 Å². The van der Waals surface area contributed by atoms with Gasteiger partial charge in [0.25, 0.3) is 0 Å². The highest BCUT2D eigenvalue weighted by atomic mass is 16.6. The average molecular weight is 343 g/mol. The Morgan fingerprint density at radius 1 is 1.24 bits per heavy atom. The van der Waals surface area contributed by atoms with E-state index in [2.05, 4.69) is 26.2 Å². The van der Waals surface area contributed by atoms with Crippen molar-refractivity contribution < 1.29 is 14.9 Å². The summed E-state index contributed by atoms with van der Waals surface area (Å²) in [6.07, 6.45) is 9.69. The number of fused-ring (bicyclic) bond motifs is 1. The summed E-state index contributed by atoms with van der Waals surface area (Å²) in [5, 5.41) is 23.9. The first-order valence-corrected chi connectivity index (χ1v) is 8.58. The zero-order chi connectivity index (χ0) is 17.4. The Labute approximate surface area is 145 Å². The van der Waals surface area contributed by atoms with Crippen LogP contribution in [0.3, 0.4) is 0 Å². The standard InChI is InChI=1S/C17H21N5O3/c1-2-5-11-13(23)14(24)17(25-11)22-9-20-12-15(18-8-19-16(12)22)21-10-6-3-4-7-10/h1,8-11,13-14,17,23-24H,3-7H2,(H,18,19,21)/t11-,13+,14?,17-/m1/s1. The van der Waals surface area contributed by atoms with Gasteiger partial charge >= 0.3 is 0 Å². The monoisotopic (exact) mass is 343 g/mol. The quantitative estimate of drug-likeness (QED) is 0.706. The summed E-state index contributed by atoms with van der Waals surface area (Å²) in [7, 11) is 0. The number of terminal acetylenes is 1. The molecule has 2 aliphatic rings. The molecule has 3 N–H and O–H groups in total. The van der Waals surface area contributed by atoms with Crippen LogP contribution in [0.25, 0.3) is 11.2 Å². The van der Waals surface area contributed by atoms with Gasteiger partial charge in [-0.25, -0.2) is 15.0 Å². The first-order valence-electron chi connectivity index (χ1n) is 8.58. The normalized spacial score (nSPS) is 30.0. The predicted octanol–water partition coefficient (Wildman–Crippen LogP) is 0.823. The van der Waals surface area contributed by atoms with Crippen LogP contribution in [0.5, 0.6) is 0 Å². The second kappa shape index (κ2) is 6.59. The molecule has 0 aromatic carbocycles. The molecule has 1 saturated carbocycles. The fourth-order valence-corrected chi connectivity index (χ4v) is 3.65. The second-order valence-electron chi connectivity index (χ2n) is 6.63. The summed E-state index contributed by atoms with van der Waals surface area (Å²) < 4.78 is 7.38. The number of hydrogen-bond donors (Lipinski definition) is 3. The molecule has 1 aliphatic carbocycles. The smallest absolute Gasteiger partial charge is 0.167 e. The van der Waals surface area contributed by atoms with E-state index in [0.29, 0.717) is 23.0 Å². The van der Waals surface area contributed by atoms with Crippen molar-refractivity contribution >= 4 is 17.0 Å². The largest absolute Gasteiger partial charge is 0.387 e. The number of aromatic nitrogens is 4. The van der Waals surface area contributed by atoms with Gasteiger partial charge in [-0.15, -0.1) is 12.3 Å². The van der Waals surface area contributed by atoms with E-state index in [4.69, 9.17) is 11.2 Å². The maximum atomic E-state index is 10.3.